The number of likely N-dealkylation sites (N-methyl/N-ethyl adjacent to an activating group) is 1. The summed E-state index contributed by atoms with van der Waals surface area (Å²) < 4.78 is 51.8. The molecule has 3 fully saturated rings. The Balaban J connectivity index is 1.62. The maximum absolute atomic E-state index is 12.9. The van der Waals surface area contributed by atoms with Crippen molar-refractivity contribution in [2.75, 3.05) is 40.0 Å². The van der Waals surface area contributed by atoms with E-state index < -0.39 is 32.2 Å². The maximum atomic E-state index is 12.9. The predicted octanol–water partition coefficient (Wildman–Crippen LogP) is -2.09. The van der Waals surface area contributed by atoms with Crippen LogP contribution in [0.15, 0.2) is 0 Å². The molecule has 13 heteroatoms. The van der Waals surface area contributed by atoms with Crippen LogP contribution in [0, 0.1) is 5.92 Å². The number of nitrogens with one attached hydrogen (secondary N) is 2. The lowest BCUT2D eigenvalue weighted by Gasteiger charge is -2.25. The molecular formula is C16H29N5O6S2. The van der Waals surface area contributed by atoms with Gasteiger partial charge in [0.15, 0.2) is 0 Å². The van der Waals surface area contributed by atoms with Crippen LogP contribution in [0.4, 0.5) is 0 Å². The largest absolute Gasteiger partial charge is 0.350 e. The molecule has 2 heterocycles. The average molecular weight is 452 g/mol. The fourth-order valence-corrected chi connectivity index (χ4v) is 6.32. The van der Waals surface area contributed by atoms with Gasteiger partial charge in [0.2, 0.25) is 21.8 Å². The molecule has 0 aromatic heterocycles. The van der Waals surface area contributed by atoms with E-state index >= 15 is 0 Å². The van der Waals surface area contributed by atoms with E-state index in [0.717, 1.165) is 27.9 Å². The number of rotatable bonds is 6. The van der Waals surface area contributed by atoms with Gasteiger partial charge in [-0.3, -0.25) is 9.59 Å². The van der Waals surface area contributed by atoms with Crippen LogP contribution in [0.25, 0.3) is 0 Å². The second kappa shape index (κ2) is 8.10. The molecule has 166 valence electrons. The first-order chi connectivity index (χ1) is 13.4. The number of sulfonamides is 1. The van der Waals surface area contributed by atoms with Gasteiger partial charge in [-0.1, -0.05) is 6.42 Å². The van der Waals surface area contributed by atoms with Gasteiger partial charge in [-0.05, 0) is 19.3 Å². The van der Waals surface area contributed by atoms with Crippen LogP contribution < -0.4 is 10.0 Å². The third-order valence-electron chi connectivity index (χ3n) is 5.80. The summed E-state index contributed by atoms with van der Waals surface area (Å²) in [5.74, 6) is -0.616. The molecule has 11 nitrogen and oxygen atoms in total. The Morgan fingerprint density at radius 1 is 1.17 bits per heavy atom. The molecule has 2 aliphatic heterocycles. The summed E-state index contributed by atoms with van der Waals surface area (Å²) in [6.45, 7) is 0.215. The Morgan fingerprint density at radius 3 is 2.45 bits per heavy atom. The van der Waals surface area contributed by atoms with Crippen molar-refractivity contribution in [3.8, 4) is 0 Å². The zero-order chi connectivity index (χ0) is 21.6. The highest BCUT2D eigenvalue weighted by Gasteiger charge is 2.57. The molecule has 0 aromatic rings. The quantitative estimate of drug-likeness (QED) is 0.475. The van der Waals surface area contributed by atoms with E-state index in [1.54, 1.807) is 4.90 Å². The number of carbonyl (C=O) groups excluding carboxylic acids is 2. The second-order valence-electron chi connectivity index (χ2n) is 8.10. The van der Waals surface area contributed by atoms with Crippen LogP contribution >= 0.6 is 0 Å². The number of fused-ring (bicyclic) bond motifs is 1. The van der Waals surface area contributed by atoms with Crippen molar-refractivity contribution < 1.29 is 26.4 Å². The zero-order valence-corrected chi connectivity index (χ0v) is 18.5. The summed E-state index contributed by atoms with van der Waals surface area (Å²) in [4.78, 5) is 27.0. The number of likely N-dealkylation sites (tertiary alicyclic amines) is 1. The molecule has 1 saturated carbocycles. The monoisotopic (exact) mass is 451 g/mol. The smallest absolute Gasteiger partial charge is 0.281 e. The van der Waals surface area contributed by atoms with Crippen molar-refractivity contribution >= 4 is 32.0 Å². The van der Waals surface area contributed by atoms with Crippen LogP contribution in [-0.2, 0) is 29.8 Å². The maximum Gasteiger partial charge on any atom is 0.281 e. The normalized spacial score (nSPS) is 31.4. The van der Waals surface area contributed by atoms with Crippen molar-refractivity contribution in [3.05, 3.63) is 0 Å². The van der Waals surface area contributed by atoms with E-state index in [9.17, 15) is 26.4 Å². The number of amides is 2. The Morgan fingerprint density at radius 2 is 1.86 bits per heavy atom. The molecule has 4 unspecified atom stereocenters. The first kappa shape index (κ1) is 22.4. The summed E-state index contributed by atoms with van der Waals surface area (Å²) in [5.41, 5.74) is 0. The van der Waals surface area contributed by atoms with Gasteiger partial charge in [-0.25, -0.2) is 13.1 Å². The third-order valence-corrected chi connectivity index (χ3v) is 9.06. The summed E-state index contributed by atoms with van der Waals surface area (Å²) in [7, 11) is -2.96. The molecule has 2 N–H and O–H groups in total. The number of hydrogen-bond donors (Lipinski definition) is 2. The highest BCUT2D eigenvalue weighted by molar-refractivity contribution is 7.89. The van der Waals surface area contributed by atoms with E-state index in [1.165, 1.54) is 21.1 Å². The first-order valence-electron chi connectivity index (χ1n) is 9.67. The van der Waals surface area contributed by atoms with Crippen LogP contribution in [0.1, 0.15) is 25.7 Å². The van der Waals surface area contributed by atoms with Crippen LogP contribution in [-0.4, -0.2) is 100 Å². The van der Waals surface area contributed by atoms with Crippen molar-refractivity contribution in [3.63, 3.8) is 0 Å². The van der Waals surface area contributed by atoms with E-state index in [-0.39, 0.29) is 42.6 Å². The van der Waals surface area contributed by atoms with Crippen LogP contribution in [0.3, 0.4) is 0 Å². The topological polar surface area (TPSA) is 136 Å². The van der Waals surface area contributed by atoms with Gasteiger partial charge in [-0.15, -0.1) is 0 Å². The minimum Gasteiger partial charge on any atom is -0.350 e. The van der Waals surface area contributed by atoms with Gasteiger partial charge in [-0.2, -0.15) is 17.0 Å². The van der Waals surface area contributed by atoms with Gasteiger partial charge >= 0.3 is 0 Å². The SMILES string of the molecule is CN(C)S(=O)(=O)N(C)CC(=O)NC1C2CCCCN(C(=O)C3CCS(=O)(=O)N3)C21. The molecule has 0 spiro atoms. The van der Waals surface area contributed by atoms with Gasteiger partial charge in [0.25, 0.3) is 10.2 Å². The fourth-order valence-electron chi connectivity index (χ4n) is 4.17. The molecule has 0 bridgehead atoms. The Bertz CT molecular complexity index is 874. The minimum atomic E-state index is -3.69. The second-order valence-corrected chi connectivity index (χ2v) is 12.2. The van der Waals surface area contributed by atoms with Gasteiger partial charge < -0.3 is 10.2 Å². The van der Waals surface area contributed by atoms with Gasteiger partial charge in [0, 0.05) is 33.6 Å². The van der Waals surface area contributed by atoms with Crippen LogP contribution in [0.2, 0.25) is 0 Å². The molecule has 2 saturated heterocycles. The zero-order valence-electron chi connectivity index (χ0n) is 16.9. The molecule has 1 aliphatic carbocycles. The summed E-state index contributed by atoms with van der Waals surface area (Å²) in [6.07, 6.45) is 2.87. The Labute approximate surface area is 172 Å². The Hall–Kier alpha value is -1.28. The van der Waals surface area contributed by atoms with E-state index in [0.29, 0.717) is 6.54 Å². The molecule has 0 radical (unpaired) electrons. The average Bonchev–Trinajstić information content (AvgIpc) is 3.22. The van der Waals surface area contributed by atoms with E-state index in [1.807, 2.05) is 0 Å². The van der Waals surface area contributed by atoms with Gasteiger partial charge in [0.1, 0.15) is 6.04 Å². The lowest BCUT2D eigenvalue weighted by molar-refractivity contribution is -0.134. The predicted molar refractivity (Wildman–Crippen MR) is 105 cm³/mol. The van der Waals surface area contributed by atoms with Gasteiger partial charge in [0.05, 0.1) is 24.4 Å². The van der Waals surface area contributed by atoms with Crippen molar-refractivity contribution in [2.45, 2.75) is 43.8 Å². The standard InChI is InChI=1S/C16H29N5O6S2/c1-19(2)29(26,27)20(3)10-13(22)17-14-11-6-4-5-8-21(15(11)14)16(23)12-7-9-28(24,25)18-12/h11-12,14-15,18H,4-10H2,1-3H3,(H,17,22). The van der Waals surface area contributed by atoms with Crippen LogP contribution in [0.5, 0.6) is 0 Å². The van der Waals surface area contributed by atoms with E-state index in [2.05, 4.69) is 10.0 Å². The number of carbonyl (C=O) groups is 2. The summed E-state index contributed by atoms with van der Waals surface area (Å²) >= 11 is 0. The lowest BCUT2D eigenvalue weighted by Crippen LogP contribution is -2.48. The Kier molecular flexibility index (Phi) is 6.26. The van der Waals surface area contributed by atoms with E-state index in [4.69, 9.17) is 0 Å². The lowest BCUT2D eigenvalue weighted by atomic mass is 10.2. The minimum absolute atomic E-state index is 0.0574. The molecule has 3 rings (SSSR count). The number of hydrogen-bond acceptors (Lipinski definition) is 6. The molecule has 3 aliphatic rings. The third kappa shape index (κ3) is 4.74. The fraction of sp³-hybridized carbons (Fsp3) is 0.875. The molecule has 4 atom stereocenters. The highest BCUT2D eigenvalue weighted by atomic mass is 32.2. The van der Waals surface area contributed by atoms with Crippen molar-refractivity contribution in [2.24, 2.45) is 5.92 Å². The molecule has 29 heavy (non-hydrogen) atoms. The first-order valence-corrected chi connectivity index (χ1v) is 12.7. The summed E-state index contributed by atoms with van der Waals surface area (Å²) in [5, 5.41) is 2.86. The molecule has 0 aromatic carbocycles. The van der Waals surface area contributed by atoms with Crippen molar-refractivity contribution in [1.82, 2.24) is 23.5 Å². The highest BCUT2D eigenvalue weighted by Crippen LogP contribution is 2.43. The van der Waals surface area contributed by atoms with Crippen molar-refractivity contribution in [1.29, 1.82) is 0 Å². The number of nitrogens with zero attached hydrogens (tertiary/aromatic N) is 3. The molecule has 2 amide bonds. The molecular weight excluding hydrogens is 422 g/mol. The summed E-state index contributed by atoms with van der Waals surface area (Å²) in [6, 6.07) is -1.15.